The van der Waals surface area contributed by atoms with E-state index in [4.69, 9.17) is 4.84 Å². The quantitative estimate of drug-likeness (QED) is 0.623. The molecule has 0 radical (unpaired) electrons. The molecule has 1 atom stereocenters. The molecular formula is C21H16BrNO3S. The van der Waals surface area contributed by atoms with Crippen LogP contribution >= 0.6 is 27.3 Å². The van der Waals surface area contributed by atoms with Crippen LogP contribution in [0.25, 0.3) is 5.57 Å². The summed E-state index contributed by atoms with van der Waals surface area (Å²) < 4.78 is 0.858. The van der Waals surface area contributed by atoms with E-state index in [0.717, 1.165) is 20.7 Å². The van der Waals surface area contributed by atoms with Gasteiger partial charge in [-0.25, -0.2) is 0 Å². The summed E-state index contributed by atoms with van der Waals surface area (Å²) in [6.45, 7) is 0.180. The molecule has 1 aromatic heterocycles. The van der Waals surface area contributed by atoms with Gasteiger partial charge in [-0.05, 0) is 40.8 Å². The lowest BCUT2D eigenvalue weighted by molar-refractivity contribution is -0.261. The number of rotatable bonds is 5. The fourth-order valence-corrected chi connectivity index (χ4v) is 4.15. The standard InChI is InChI=1S/C21H16BrNO3S/c22-17-9-4-8-16(12-17)18-13-21(25,19-10-5-11-27-19)23(20(18)24)26-14-15-6-2-1-3-7-15/h1-13,25H,14H2. The average Bonchev–Trinajstić information content (AvgIpc) is 3.30. The van der Waals surface area contributed by atoms with E-state index in [2.05, 4.69) is 15.9 Å². The molecule has 4 nitrogen and oxygen atoms in total. The Bertz CT molecular complexity index is 988. The number of nitrogens with zero attached hydrogens (tertiary/aromatic N) is 1. The van der Waals surface area contributed by atoms with E-state index >= 15 is 0 Å². The second-order valence-corrected chi connectivity index (χ2v) is 7.99. The zero-order chi connectivity index (χ0) is 18.9. The van der Waals surface area contributed by atoms with Crippen LogP contribution in [-0.4, -0.2) is 16.1 Å². The Balaban J connectivity index is 1.70. The fraction of sp³-hybridized carbons (Fsp3) is 0.0952. The van der Waals surface area contributed by atoms with Crippen molar-refractivity contribution in [2.75, 3.05) is 0 Å². The lowest BCUT2D eigenvalue weighted by Gasteiger charge is -2.30. The number of benzene rings is 2. The Kier molecular flexibility index (Phi) is 4.97. The Morgan fingerprint density at radius 2 is 1.89 bits per heavy atom. The average molecular weight is 442 g/mol. The van der Waals surface area contributed by atoms with Crippen LogP contribution in [0.15, 0.2) is 82.7 Å². The SMILES string of the molecule is O=C1C(c2cccc(Br)c2)=CC(O)(c2cccs2)N1OCc1ccccc1. The van der Waals surface area contributed by atoms with Gasteiger partial charge >= 0.3 is 0 Å². The maximum Gasteiger partial charge on any atom is 0.281 e. The van der Waals surface area contributed by atoms with Gasteiger partial charge in [0, 0.05) is 4.47 Å². The first kappa shape index (κ1) is 18.1. The number of halogens is 1. The third-order valence-electron chi connectivity index (χ3n) is 4.29. The molecule has 2 aromatic carbocycles. The minimum atomic E-state index is -1.64. The predicted molar refractivity (Wildman–Crippen MR) is 108 cm³/mol. The molecule has 4 rings (SSSR count). The molecule has 1 N–H and O–H groups in total. The van der Waals surface area contributed by atoms with Gasteiger partial charge in [0.05, 0.1) is 10.5 Å². The summed E-state index contributed by atoms with van der Waals surface area (Å²) in [5.74, 6) is -0.375. The molecule has 0 aliphatic carbocycles. The van der Waals surface area contributed by atoms with Gasteiger partial charge in [0.15, 0.2) is 0 Å². The summed E-state index contributed by atoms with van der Waals surface area (Å²) in [4.78, 5) is 19.5. The number of hydroxylamine groups is 2. The summed E-state index contributed by atoms with van der Waals surface area (Å²) in [5.41, 5.74) is 0.391. The summed E-state index contributed by atoms with van der Waals surface area (Å²) >= 11 is 4.80. The molecule has 0 saturated heterocycles. The van der Waals surface area contributed by atoms with E-state index in [1.54, 1.807) is 12.1 Å². The second-order valence-electron chi connectivity index (χ2n) is 6.13. The summed E-state index contributed by atoms with van der Waals surface area (Å²) in [6, 6.07) is 20.6. The zero-order valence-electron chi connectivity index (χ0n) is 14.2. The first-order valence-corrected chi connectivity index (χ1v) is 10.0. The van der Waals surface area contributed by atoms with Crippen LogP contribution < -0.4 is 0 Å². The minimum Gasteiger partial charge on any atom is -0.361 e. The Labute approximate surface area is 169 Å². The van der Waals surface area contributed by atoms with Gasteiger partial charge in [0.25, 0.3) is 5.91 Å². The van der Waals surface area contributed by atoms with Crippen LogP contribution in [0.3, 0.4) is 0 Å². The van der Waals surface area contributed by atoms with Gasteiger partial charge in [-0.3, -0.25) is 9.63 Å². The van der Waals surface area contributed by atoms with Crippen LogP contribution in [0.4, 0.5) is 0 Å². The van der Waals surface area contributed by atoms with Crippen molar-refractivity contribution in [2.45, 2.75) is 12.3 Å². The van der Waals surface area contributed by atoms with E-state index in [1.807, 2.05) is 66.0 Å². The van der Waals surface area contributed by atoms with Crippen molar-refractivity contribution < 1.29 is 14.7 Å². The number of hydrogen-bond donors (Lipinski definition) is 1. The highest BCUT2D eigenvalue weighted by atomic mass is 79.9. The number of thiophene rings is 1. The van der Waals surface area contributed by atoms with Crippen molar-refractivity contribution in [1.82, 2.24) is 5.06 Å². The normalized spacial score (nSPS) is 19.4. The van der Waals surface area contributed by atoms with E-state index in [0.29, 0.717) is 10.5 Å². The summed E-state index contributed by atoms with van der Waals surface area (Å²) in [7, 11) is 0. The van der Waals surface area contributed by atoms with Crippen molar-refractivity contribution in [3.05, 3.63) is 98.7 Å². The molecule has 1 aliphatic heterocycles. The van der Waals surface area contributed by atoms with E-state index in [1.165, 1.54) is 11.3 Å². The molecule has 0 saturated carbocycles. The summed E-state index contributed by atoms with van der Waals surface area (Å²) in [5, 5.41) is 14.3. The number of carbonyl (C=O) groups is 1. The maximum absolute atomic E-state index is 13.1. The third-order valence-corrected chi connectivity index (χ3v) is 5.77. The first-order chi connectivity index (χ1) is 13.1. The molecule has 136 valence electrons. The van der Waals surface area contributed by atoms with Crippen molar-refractivity contribution in [3.63, 3.8) is 0 Å². The van der Waals surface area contributed by atoms with E-state index < -0.39 is 5.72 Å². The molecule has 0 spiro atoms. The first-order valence-electron chi connectivity index (χ1n) is 8.34. The van der Waals surface area contributed by atoms with E-state index in [9.17, 15) is 9.90 Å². The van der Waals surface area contributed by atoms with Crippen molar-refractivity contribution in [1.29, 1.82) is 0 Å². The number of aliphatic hydroxyl groups is 1. The van der Waals surface area contributed by atoms with Gasteiger partial charge in [-0.1, -0.05) is 64.5 Å². The second kappa shape index (κ2) is 7.40. The zero-order valence-corrected chi connectivity index (χ0v) is 16.6. The molecule has 2 heterocycles. The molecule has 1 unspecified atom stereocenters. The van der Waals surface area contributed by atoms with Crippen molar-refractivity contribution in [2.24, 2.45) is 0 Å². The molecular weight excluding hydrogens is 426 g/mol. The van der Waals surface area contributed by atoms with E-state index in [-0.39, 0.29) is 12.5 Å². The van der Waals surface area contributed by atoms with Gasteiger partial charge < -0.3 is 5.11 Å². The molecule has 27 heavy (non-hydrogen) atoms. The predicted octanol–water partition coefficient (Wildman–Crippen LogP) is 4.71. The molecule has 6 heteroatoms. The molecule has 1 amide bonds. The summed E-state index contributed by atoms with van der Waals surface area (Å²) in [6.07, 6.45) is 1.56. The minimum absolute atomic E-state index is 0.180. The Morgan fingerprint density at radius 1 is 1.07 bits per heavy atom. The largest absolute Gasteiger partial charge is 0.361 e. The van der Waals surface area contributed by atoms with Gasteiger partial charge in [0.1, 0.15) is 6.61 Å². The molecule has 1 aliphatic rings. The highest BCUT2D eigenvalue weighted by Crippen LogP contribution is 2.41. The van der Waals surface area contributed by atoms with Gasteiger partial charge in [-0.2, -0.15) is 5.06 Å². The van der Waals surface area contributed by atoms with Crippen LogP contribution in [0.5, 0.6) is 0 Å². The fourth-order valence-electron chi connectivity index (χ4n) is 2.98. The number of carbonyl (C=O) groups excluding carboxylic acids is 1. The molecule has 0 bridgehead atoms. The van der Waals surface area contributed by atoms with Crippen molar-refractivity contribution in [3.8, 4) is 0 Å². The molecule has 3 aromatic rings. The highest BCUT2D eigenvalue weighted by molar-refractivity contribution is 9.10. The van der Waals surface area contributed by atoms with Crippen LogP contribution in [0.1, 0.15) is 16.0 Å². The van der Waals surface area contributed by atoms with Crippen molar-refractivity contribution >= 4 is 38.7 Å². The van der Waals surface area contributed by atoms with Gasteiger partial charge in [-0.15, -0.1) is 11.3 Å². The number of hydrogen-bond acceptors (Lipinski definition) is 4. The monoisotopic (exact) mass is 441 g/mol. The Morgan fingerprint density at radius 3 is 2.59 bits per heavy atom. The molecule has 0 fully saturated rings. The Hall–Kier alpha value is -2.25. The highest BCUT2D eigenvalue weighted by Gasteiger charge is 2.47. The number of amides is 1. The van der Waals surface area contributed by atoms with Crippen LogP contribution in [-0.2, 0) is 22.0 Å². The lowest BCUT2D eigenvalue weighted by atomic mass is 10.0. The topological polar surface area (TPSA) is 49.8 Å². The lowest BCUT2D eigenvalue weighted by Crippen LogP contribution is -2.43. The van der Waals surface area contributed by atoms with Gasteiger partial charge in [0.2, 0.25) is 5.72 Å². The van der Waals surface area contributed by atoms with Crippen LogP contribution in [0.2, 0.25) is 0 Å². The van der Waals surface area contributed by atoms with Crippen LogP contribution in [0, 0.1) is 0 Å². The maximum atomic E-state index is 13.1. The smallest absolute Gasteiger partial charge is 0.281 e. The third kappa shape index (κ3) is 3.49.